The van der Waals surface area contributed by atoms with Gasteiger partial charge in [0.25, 0.3) is 15.5 Å². The first-order valence-electron chi connectivity index (χ1n) is 3.72. The predicted molar refractivity (Wildman–Crippen MR) is 53.9 cm³/mol. The van der Waals surface area contributed by atoms with E-state index < -0.39 is 41.7 Å². The third kappa shape index (κ3) is 2.79. The van der Waals surface area contributed by atoms with Crippen LogP contribution in [0, 0.1) is 10.1 Å². The van der Waals surface area contributed by atoms with Crippen molar-refractivity contribution in [1.29, 1.82) is 0 Å². The van der Waals surface area contributed by atoms with Crippen molar-refractivity contribution >= 4 is 37.0 Å². The van der Waals surface area contributed by atoms with Crippen LogP contribution in [0.2, 0.25) is 5.02 Å². The number of nitrogens with zero attached hydrogens (tertiary/aromatic N) is 2. The highest BCUT2D eigenvalue weighted by Crippen LogP contribution is 2.38. The number of hydrogen-bond acceptors (Lipinski definition) is 5. The molecule has 0 amide bonds. The summed E-state index contributed by atoms with van der Waals surface area (Å²) >= 11 is 5.31. The minimum absolute atomic E-state index is 0.561. The molecule has 94 valence electrons. The first-order chi connectivity index (χ1) is 7.66. The molecule has 0 aliphatic carbocycles. The normalized spacial score (nSPS) is 11.8. The molecule has 1 aromatic heterocycles. The fourth-order valence-corrected chi connectivity index (χ4v) is 2.19. The maximum Gasteiger partial charge on any atom is 0.318 e. The van der Waals surface area contributed by atoms with Crippen molar-refractivity contribution in [2.75, 3.05) is 0 Å². The van der Waals surface area contributed by atoms with Gasteiger partial charge in [0.2, 0.25) is 5.03 Å². The van der Waals surface area contributed by atoms with E-state index in [-0.39, 0.29) is 0 Å². The summed E-state index contributed by atoms with van der Waals surface area (Å²) in [5.74, 6) is 0. The zero-order valence-corrected chi connectivity index (χ0v) is 9.93. The molecular weight excluding hydrogens is 305 g/mol. The Hall–Kier alpha value is -1.06. The zero-order chi connectivity index (χ0) is 13.4. The molecule has 0 aliphatic rings. The Morgan fingerprint density at radius 3 is 2.35 bits per heavy atom. The topological polar surface area (TPSA) is 90.2 Å². The molecule has 6 nitrogen and oxygen atoms in total. The number of nitro groups is 1. The van der Waals surface area contributed by atoms with E-state index in [0.29, 0.717) is 6.20 Å². The molecular formula is C6H2Cl2F2N2O4S. The summed E-state index contributed by atoms with van der Waals surface area (Å²) in [6.45, 7) is 0. The summed E-state index contributed by atoms with van der Waals surface area (Å²) < 4.78 is 47.0. The zero-order valence-electron chi connectivity index (χ0n) is 7.60. The van der Waals surface area contributed by atoms with Crippen molar-refractivity contribution in [2.24, 2.45) is 0 Å². The van der Waals surface area contributed by atoms with E-state index in [4.69, 9.17) is 22.3 Å². The maximum atomic E-state index is 12.6. The van der Waals surface area contributed by atoms with Gasteiger partial charge < -0.3 is 0 Å². The van der Waals surface area contributed by atoms with Crippen LogP contribution >= 0.6 is 22.3 Å². The molecule has 0 bridgehead atoms. The second kappa shape index (κ2) is 4.67. The smallest absolute Gasteiger partial charge is 0.258 e. The van der Waals surface area contributed by atoms with Crippen molar-refractivity contribution in [1.82, 2.24) is 4.98 Å². The number of hydrogen-bond donors (Lipinski definition) is 0. The van der Waals surface area contributed by atoms with Crippen LogP contribution in [0.5, 0.6) is 0 Å². The Kier molecular flexibility index (Phi) is 3.84. The lowest BCUT2D eigenvalue weighted by molar-refractivity contribution is -0.389. The average Bonchev–Trinajstić information content (AvgIpc) is 2.14. The van der Waals surface area contributed by atoms with Gasteiger partial charge in [0.05, 0.1) is 9.95 Å². The fourth-order valence-electron chi connectivity index (χ4n) is 1.04. The number of pyridine rings is 1. The van der Waals surface area contributed by atoms with Gasteiger partial charge in [-0.2, -0.15) is 0 Å². The van der Waals surface area contributed by atoms with E-state index in [1.54, 1.807) is 0 Å². The lowest BCUT2D eigenvalue weighted by Crippen LogP contribution is -2.06. The van der Waals surface area contributed by atoms with E-state index in [1.807, 2.05) is 0 Å². The molecule has 0 aliphatic heterocycles. The maximum absolute atomic E-state index is 12.6. The number of alkyl halides is 2. The SMILES string of the molecule is O=[N+]([O-])c1c(S(=O)(=O)Cl)ncc(Cl)c1C(F)F. The second-order valence-corrected chi connectivity index (χ2v) is 5.56. The van der Waals surface area contributed by atoms with Crippen LogP contribution in [0.15, 0.2) is 11.2 Å². The number of aromatic nitrogens is 1. The van der Waals surface area contributed by atoms with Crippen LogP contribution in [-0.4, -0.2) is 18.3 Å². The third-order valence-corrected chi connectivity index (χ3v) is 3.14. The Balaban J connectivity index is 3.78. The number of rotatable bonds is 3. The van der Waals surface area contributed by atoms with Crippen LogP contribution < -0.4 is 0 Å². The predicted octanol–water partition coefficient (Wildman–Crippen LogP) is 2.51. The van der Waals surface area contributed by atoms with Gasteiger partial charge in [0.15, 0.2) is 0 Å². The van der Waals surface area contributed by atoms with Crippen LogP contribution in [0.25, 0.3) is 0 Å². The van der Waals surface area contributed by atoms with Crippen LogP contribution in [-0.2, 0) is 9.05 Å². The molecule has 0 N–H and O–H groups in total. The molecule has 11 heteroatoms. The molecule has 0 radical (unpaired) electrons. The second-order valence-electron chi connectivity index (χ2n) is 2.67. The highest BCUT2D eigenvalue weighted by Gasteiger charge is 2.35. The molecule has 0 unspecified atom stereocenters. The van der Waals surface area contributed by atoms with Gasteiger partial charge >= 0.3 is 5.69 Å². The molecule has 0 saturated carbocycles. The first kappa shape index (κ1) is 14.0. The minimum Gasteiger partial charge on any atom is -0.258 e. The van der Waals surface area contributed by atoms with Gasteiger partial charge in [0.1, 0.15) is 5.56 Å². The molecule has 1 rings (SSSR count). The van der Waals surface area contributed by atoms with Gasteiger partial charge in [-0.05, 0) is 0 Å². The quantitative estimate of drug-likeness (QED) is 0.486. The molecule has 1 heterocycles. The monoisotopic (exact) mass is 306 g/mol. The Morgan fingerprint density at radius 1 is 1.47 bits per heavy atom. The van der Waals surface area contributed by atoms with E-state index in [2.05, 4.69) is 4.98 Å². The van der Waals surface area contributed by atoms with Gasteiger partial charge in [-0.25, -0.2) is 22.2 Å². The van der Waals surface area contributed by atoms with Gasteiger partial charge in [-0.3, -0.25) is 10.1 Å². The summed E-state index contributed by atoms with van der Waals surface area (Å²) in [5, 5.41) is 8.62. The van der Waals surface area contributed by atoms with Crippen molar-refractivity contribution in [2.45, 2.75) is 11.5 Å². The van der Waals surface area contributed by atoms with Crippen molar-refractivity contribution in [3.8, 4) is 0 Å². The lowest BCUT2D eigenvalue weighted by Gasteiger charge is -2.06. The molecule has 0 spiro atoms. The largest absolute Gasteiger partial charge is 0.318 e. The molecule has 0 aromatic carbocycles. The first-order valence-corrected chi connectivity index (χ1v) is 6.40. The highest BCUT2D eigenvalue weighted by molar-refractivity contribution is 8.13. The van der Waals surface area contributed by atoms with Gasteiger partial charge in [0, 0.05) is 16.9 Å². The van der Waals surface area contributed by atoms with E-state index in [0.717, 1.165) is 0 Å². The third-order valence-electron chi connectivity index (χ3n) is 1.64. The Bertz CT molecular complexity index is 578. The van der Waals surface area contributed by atoms with Crippen molar-refractivity contribution in [3.05, 3.63) is 26.9 Å². The lowest BCUT2D eigenvalue weighted by atomic mass is 10.2. The minimum atomic E-state index is -4.62. The molecule has 0 atom stereocenters. The van der Waals surface area contributed by atoms with Crippen LogP contribution in [0.1, 0.15) is 12.0 Å². The van der Waals surface area contributed by atoms with Gasteiger partial charge in [-0.1, -0.05) is 11.6 Å². The van der Waals surface area contributed by atoms with E-state index in [1.165, 1.54) is 0 Å². The summed E-state index contributed by atoms with van der Waals surface area (Å²) in [7, 11) is 0.230. The van der Waals surface area contributed by atoms with Crippen LogP contribution in [0.3, 0.4) is 0 Å². The summed E-state index contributed by atoms with van der Waals surface area (Å²) in [5.41, 5.74) is -2.65. The fraction of sp³-hybridized carbons (Fsp3) is 0.167. The summed E-state index contributed by atoms with van der Waals surface area (Å²) in [4.78, 5) is 12.4. The number of halogens is 4. The van der Waals surface area contributed by atoms with Crippen LogP contribution in [0.4, 0.5) is 14.5 Å². The molecule has 17 heavy (non-hydrogen) atoms. The molecule has 0 fully saturated rings. The average molecular weight is 307 g/mol. The Morgan fingerprint density at radius 2 is 2.00 bits per heavy atom. The van der Waals surface area contributed by atoms with E-state index >= 15 is 0 Å². The van der Waals surface area contributed by atoms with Crippen molar-refractivity contribution in [3.63, 3.8) is 0 Å². The summed E-state index contributed by atoms with van der Waals surface area (Å²) in [6.07, 6.45) is -2.77. The molecule has 1 aromatic rings. The van der Waals surface area contributed by atoms with E-state index in [9.17, 15) is 27.3 Å². The molecule has 0 saturated heterocycles. The van der Waals surface area contributed by atoms with Crippen molar-refractivity contribution < 1.29 is 22.1 Å². The highest BCUT2D eigenvalue weighted by atomic mass is 35.7. The van der Waals surface area contributed by atoms with Gasteiger partial charge in [-0.15, -0.1) is 0 Å². The Labute approximate surface area is 103 Å². The summed E-state index contributed by atoms with van der Waals surface area (Å²) in [6, 6.07) is 0. The standard InChI is InChI=1S/C6H2Cl2F2N2O4S/c7-2-1-11-6(17(8,15)16)4(12(13)14)3(2)5(9)10/h1,5H.